The molecule has 0 bridgehead atoms. The minimum Gasteiger partial charge on any atom is -0.391 e. The zero-order chi connectivity index (χ0) is 10.7. The molecule has 2 atom stereocenters. The highest BCUT2D eigenvalue weighted by Crippen LogP contribution is 2.21. The van der Waals surface area contributed by atoms with Crippen molar-refractivity contribution in [3.63, 3.8) is 0 Å². The molecular formula is C10H11ClN2O. The van der Waals surface area contributed by atoms with E-state index in [1.807, 2.05) is 6.07 Å². The number of nitriles is 1. The summed E-state index contributed by atoms with van der Waals surface area (Å²) in [5, 5.41) is 18.3. The third-order valence-corrected chi connectivity index (χ3v) is 2.33. The summed E-state index contributed by atoms with van der Waals surface area (Å²) < 4.78 is 0. The van der Waals surface area contributed by atoms with Crippen molar-refractivity contribution >= 4 is 11.6 Å². The number of halogens is 1. The van der Waals surface area contributed by atoms with E-state index in [0.717, 1.165) is 5.56 Å². The number of rotatable bonds is 2. The Morgan fingerprint density at radius 3 is 2.64 bits per heavy atom. The summed E-state index contributed by atoms with van der Waals surface area (Å²) in [7, 11) is 0. The highest BCUT2D eigenvalue weighted by Gasteiger charge is 2.13. The first-order chi connectivity index (χ1) is 6.56. The lowest BCUT2D eigenvalue weighted by molar-refractivity contribution is 0.164. The lowest BCUT2D eigenvalue weighted by Gasteiger charge is -2.15. The minimum atomic E-state index is -0.640. The first-order valence-corrected chi connectivity index (χ1v) is 4.57. The van der Waals surface area contributed by atoms with E-state index in [9.17, 15) is 5.11 Å². The van der Waals surface area contributed by atoms with E-state index >= 15 is 0 Å². The smallest absolute Gasteiger partial charge is 0.101 e. The van der Waals surface area contributed by atoms with Crippen LogP contribution in [0.4, 0.5) is 0 Å². The monoisotopic (exact) mass is 210 g/mol. The van der Waals surface area contributed by atoms with E-state index in [1.54, 1.807) is 25.1 Å². The number of aliphatic hydroxyl groups excluding tert-OH is 1. The molecule has 0 aliphatic carbocycles. The van der Waals surface area contributed by atoms with Gasteiger partial charge in [-0.15, -0.1) is 0 Å². The van der Waals surface area contributed by atoms with E-state index in [2.05, 4.69) is 0 Å². The molecule has 0 spiro atoms. The standard InChI is InChI=1S/C10H11ClN2O/c1-6(14)10(13)7-2-3-8(5-12)9(11)4-7/h2-4,6,10,14H,13H2,1H3/t6-,10+/m0/s1. The van der Waals surface area contributed by atoms with Gasteiger partial charge in [0.15, 0.2) is 0 Å². The topological polar surface area (TPSA) is 70.0 Å². The van der Waals surface area contributed by atoms with Crippen LogP contribution < -0.4 is 5.73 Å². The fourth-order valence-corrected chi connectivity index (χ4v) is 1.34. The Labute approximate surface area is 87.7 Å². The molecule has 1 aromatic carbocycles. The third kappa shape index (κ3) is 2.24. The fourth-order valence-electron chi connectivity index (χ4n) is 1.11. The van der Waals surface area contributed by atoms with Gasteiger partial charge in [-0.2, -0.15) is 5.26 Å². The van der Waals surface area contributed by atoms with E-state index < -0.39 is 12.1 Å². The predicted octanol–water partition coefficient (Wildman–Crippen LogP) is 1.59. The fraction of sp³-hybridized carbons (Fsp3) is 0.300. The second-order valence-corrected chi connectivity index (χ2v) is 3.52. The lowest BCUT2D eigenvalue weighted by atomic mass is 10.0. The highest BCUT2D eigenvalue weighted by molar-refractivity contribution is 6.31. The maximum absolute atomic E-state index is 9.26. The molecule has 3 nitrogen and oxygen atoms in total. The Bertz CT molecular complexity index is 371. The summed E-state index contributed by atoms with van der Waals surface area (Å²) in [6, 6.07) is 6.39. The van der Waals surface area contributed by atoms with Gasteiger partial charge in [-0.1, -0.05) is 17.7 Å². The molecule has 74 valence electrons. The molecule has 0 amide bonds. The van der Waals surface area contributed by atoms with Gasteiger partial charge < -0.3 is 10.8 Å². The summed E-state index contributed by atoms with van der Waals surface area (Å²) in [6.45, 7) is 1.61. The van der Waals surface area contributed by atoms with E-state index in [-0.39, 0.29) is 0 Å². The maximum Gasteiger partial charge on any atom is 0.101 e. The molecule has 0 aromatic heterocycles. The quantitative estimate of drug-likeness (QED) is 0.779. The Kier molecular flexibility index (Phi) is 3.48. The zero-order valence-corrected chi connectivity index (χ0v) is 8.49. The van der Waals surface area contributed by atoms with Gasteiger partial charge in [0.05, 0.1) is 22.7 Å². The van der Waals surface area contributed by atoms with Gasteiger partial charge in [0.2, 0.25) is 0 Å². The highest BCUT2D eigenvalue weighted by atomic mass is 35.5. The summed E-state index contributed by atoms with van der Waals surface area (Å²) in [5.41, 5.74) is 6.84. The lowest BCUT2D eigenvalue weighted by Crippen LogP contribution is -2.23. The van der Waals surface area contributed by atoms with E-state index in [4.69, 9.17) is 22.6 Å². The van der Waals surface area contributed by atoms with E-state index in [0.29, 0.717) is 10.6 Å². The summed E-state index contributed by atoms with van der Waals surface area (Å²) >= 11 is 5.82. The van der Waals surface area contributed by atoms with Crippen LogP contribution in [0.15, 0.2) is 18.2 Å². The molecular weight excluding hydrogens is 200 g/mol. The van der Waals surface area contributed by atoms with Crippen LogP contribution in [-0.4, -0.2) is 11.2 Å². The van der Waals surface area contributed by atoms with Crippen LogP contribution >= 0.6 is 11.6 Å². The molecule has 1 aromatic rings. The Balaban J connectivity index is 3.04. The number of nitrogens with zero attached hydrogens (tertiary/aromatic N) is 1. The first kappa shape index (κ1) is 11.0. The van der Waals surface area contributed by atoms with Crippen molar-refractivity contribution in [2.24, 2.45) is 5.73 Å². The van der Waals surface area contributed by atoms with Crippen molar-refractivity contribution in [2.75, 3.05) is 0 Å². The van der Waals surface area contributed by atoms with Crippen LogP contribution in [0.1, 0.15) is 24.1 Å². The second-order valence-electron chi connectivity index (χ2n) is 3.12. The average Bonchev–Trinajstić information content (AvgIpc) is 2.16. The molecule has 0 heterocycles. The zero-order valence-electron chi connectivity index (χ0n) is 7.74. The van der Waals surface area contributed by atoms with Crippen LogP contribution in [0, 0.1) is 11.3 Å². The maximum atomic E-state index is 9.26. The molecule has 3 N–H and O–H groups in total. The van der Waals surface area contributed by atoms with Gasteiger partial charge in [-0.05, 0) is 24.6 Å². The van der Waals surface area contributed by atoms with Gasteiger partial charge in [0, 0.05) is 0 Å². The first-order valence-electron chi connectivity index (χ1n) is 4.19. The van der Waals surface area contributed by atoms with Gasteiger partial charge in [0.25, 0.3) is 0 Å². The third-order valence-electron chi connectivity index (χ3n) is 2.02. The molecule has 0 radical (unpaired) electrons. The molecule has 0 unspecified atom stereocenters. The van der Waals surface area contributed by atoms with Crippen LogP contribution in [0.2, 0.25) is 5.02 Å². The SMILES string of the molecule is C[C@H](O)[C@@H](N)c1ccc(C#N)c(Cl)c1. The summed E-state index contributed by atoms with van der Waals surface area (Å²) in [6.07, 6.45) is -0.640. The minimum absolute atomic E-state index is 0.362. The number of hydrogen-bond acceptors (Lipinski definition) is 3. The molecule has 0 saturated heterocycles. The number of benzene rings is 1. The Hall–Kier alpha value is -1.08. The normalized spacial score (nSPS) is 14.5. The van der Waals surface area contributed by atoms with Gasteiger partial charge in [-0.25, -0.2) is 0 Å². The summed E-state index contributed by atoms with van der Waals surface area (Å²) in [5.74, 6) is 0. The molecule has 0 fully saturated rings. The predicted molar refractivity (Wildman–Crippen MR) is 54.8 cm³/mol. The number of nitrogens with two attached hydrogens (primary N) is 1. The van der Waals surface area contributed by atoms with Crippen molar-refractivity contribution < 1.29 is 5.11 Å². The van der Waals surface area contributed by atoms with Crippen molar-refractivity contribution in [1.82, 2.24) is 0 Å². The van der Waals surface area contributed by atoms with Crippen molar-refractivity contribution in [1.29, 1.82) is 5.26 Å². The Morgan fingerprint density at radius 2 is 2.21 bits per heavy atom. The van der Waals surface area contributed by atoms with Crippen LogP contribution in [-0.2, 0) is 0 Å². The molecule has 0 saturated carbocycles. The molecule has 0 aliphatic heterocycles. The van der Waals surface area contributed by atoms with E-state index in [1.165, 1.54) is 0 Å². The van der Waals surface area contributed by atoms with Crippen LogP contribution in [0.5, 0.6) is 0 Å². The molecule has 4 heteroatoms. The number of aliphatic hydroxyl groups is 1. The van der Waals surface area contributed by atoms with Gasteiger partial charge in [-0.3, -0.25) is 0 Å². The van der Waals surface area contributed by atoms with Crippen molar-refractivity contribution in [3.8, 4) is 6.07 Å². The average molecular weight is 211 g/mol. The largest absolute Gasteiger partial charge is 0.391 e. The number of hydrogen-bond donors (Lipinski definition) is 2. The molecule has 0 aliphatic rings. The van der Waals surface area contributed by atoms with Crippen LogP contribution in [0.25, 0.3) is 0 Å². The van der Waals surface area contributed by atoms with Gasteiger partial charge in [0.1, 0.15) is 6.07 Å². The summed E-state index contributed by atoms with van der Waals surface area (Å²) in [4.78, 5) is 0. The van der Waals surface area contributed by atoms with Crippen molar-refractivity contribution in [3.05, 3.63) is 34.3 Å². The molecule has 1 rings (SSSR count). The molecule has 14 heavy (non-hydrogen) atoms. The second kappa shape index (κ2) is 4.43. The van der Waals surface area contributed by atoms with Crippen molar-refractivity contribution in [2.45, 2.75) is 19.1 Å². The van der Waals surface area contributed by atoms with Gasteiger partial charge >= 0.3 is 0 Å². The van der Waals surface area contributed by atoms with Crippen LogP contribution in [0.3, 0.4) is 0 Å². The Morgan fingerprint density at radius 1 is 1.57 bits per heavy atom.